The molecule has 30 heavy (non-hydrogen) atoms. The molecule has 0 unspecified atom stereocenters. The molecular weight excluding hydrogens is 400 g/mol. The molecule has 2 aliphatic heterocycles. The van der Waals surface area contributed by atoms with Crippen LogP contribution in [0.2, 0.25) is 0 Å². The van der Waals surface area contributed by atoms with Gasteiger partial charge in [-0.2, -0.15) is 4.39 Å². The summed E-state index contributed by atoms with van der Waals surface area (Å²) in [5.41, 5.74) is -2.47. The Morgan fingerprint density at radius 3 is 2.93 bits per heavy atom. The Hall–Kier alpha value is -3.14. The molecule has 10 heteroatoms. The average Bonchev–Trinajstić information content (AvgIpc) is 2.70. The number of hydrogen-bond acceptors (Lipinski definition) is 6. The third-order valence-corrected chi connectivity index (χ3v) is 5.80. The van der Waals surface area contributed by atoms with Crippen molar-refractivity contribution >= 4 is 11.7 Å². The van der Waals surface area contributed by atoms with Crippen molar-refractivity contribution in [1.29, 1.82) is 0 Å². The number of carbonyl (C=O) groups is 2. The number of nitrogens with zero attached hydrogens (tertiary/aromatic N) is 2. The second-order valence-corrected chi connectivity index (χ2v) is 7.71. The van der Waals surface area contributed by atoms with Gasteiger partial charge in [0.2, 0.25) is 11.4 Å². The second-order valence-electron chi connectivity index (χ2n) is 7.71. The van der Waals surface area contributed by atoms with Crippen LogP contribution in [0.5, 0.6) is 5.75 Å². The normalized spacial score (nSPS) is 22.9. The third kappa shape index (κ3) is 3.17. The Morgan fingerprint density at radius 1 is 1.43 bits per heavy atom. The van der Waals surface area contributed by atoms with E-state index in [0.29, 0.717) is 25.5 Å². The summed E-state index contributed by atoms with van der Waals surface area (Å²) < 4.78 is 33.7. The molecule has 2 aromatic heterocycles. The van der Waals surface area contributed by atoms with Gasteiger partial charge in [-0.1, -0.05) is 0 Å². The Labute approximate surface area is 169 Å². The highest BCUT2D eigenvalue weighted by molar-refractivity contribution is 6.03. The van der Waals surface area contributed by atoms with Gasteiger partial charge in [0.25, 0.3) is 5.91 Å². The lowest BCUT2D eigenvalue weighted by Crippen LogP contribution is -2.52. The standard InChI is InChI=1S/C20H19F2N3O5/c1-20-3-2-4-30-13(20)9-25-8-11(16(26)17(27)15(25)18(20)28)19(29)24-7-10-6-23-14(22)5-12(10)21/h5-6,8,13,27H,2-4,7,9H2,1H3,(H,24,29)/t13-,20+/m1/s1. The first-order valence-corrected chi connectivity index (χ1v) is 9.43. The first-order valence-electron chi connectivity index (χ1n) is 9.43. The summed E-state index contributed by atoms with van der Waals surface area (Å²) in [5, 5.41) is 12.8. The van der Waals surface area contributed by atoms with Crippen molar-refractivity contribution < 1.29 is 28.2 Å². The molecule has 2 atom stereocenters. The van der Waals surface area contributed by atoms with Crippen LogP contribution >= 0.6 is 0 Å². The molecule has 0 aromatic carbocycles. The van der Waals surface area contributed by atoms with E-state index in [0.717, 1.165) is 6.20 Å². The van der Waals surface area contributed by atoms with Gasteiger partial charge in [-0.05, 0) is 19.8 Å². The maximum atomic E-state index is 13.7. The predicted molar refractivity (Wildman–Crippen MR) is 99.1 cm³/mol. The highest BCUT2D eigenvalue weighted by Gasteiger charge is 2.49. The van der Waals surface area contributed by atoms with E-state index in [9.17, 15) is 28.3 Å². The number of carbonyl (C=O) groups excluding carboxylic acids is 2. The van der Waals surface area contributed by atoms with Gasteiger partial charge in [0.1, 0.15) is 17.1 Å². The van der Waals surface area contributed by atoms with E-state index in [1.54, 1.807) is 6.92 Å². The number of nitrogens with one attached hydrogen (secondary N) is 1. The number of amides is 1. The van der Waals surface area contributed by atoms with Crippen molar-refractivity contribution in [2.24, 2.45) is 5.41 Å². The molecule has 1 amide bonds. The number of hydrogen-bond donors (Lipinski definition) is 2. The number of rotatable bonds is 3. The summed E-state index contributed by atoms with van der Waals surface area (Å²) >= 11 is 0. The SMILES string of the molecule is C[C@]12CCCO[C@@H]1Cn1cc(C(=O)NCc3cnc(F)cc3F)c(=O)c(O)c1C2=O. The molecule has 2 N–H and O–H groups in total. The Kier molecular flexibility index (Phi) is 4.89. The van der Waals surface area contributed by atoms with Crippen LogP contribution in [0.15, 0.2) is 23.3 Å². The summed E-state index contributed by atoms with van der Waals surface area (Å²) in [5.74, 6) is -3.97. The molecule has 2 aromatic rings. The van der Waals surface area contributed by atoms with Gasteiger partial charge in [-0.25, -0.2) is 9.37 Å². The van der Waals surface area contributed by atoms with Gasteiger partial charge in [0.15, 0.2) is 11.5 Å². The fourth-order valence-electron chi connectivity index (χ4n) is 4.00. The van der Waals surface area contributed by atoms with E-state index in [-0.39, 0.29) is 24.3 Å². The van der Waals surface area contributed by atoms with Crippen LogP contribution in [0, 0.1) is 17.2 Å². The van der Waals surface area contributed by atoms with Crippen LogP contribution in [0.3, 0.4) is 0 Å². The first kappa shape index (κ1) is 20.1. The molecule has 1 saturated heterocycles. The molecule has 0 bridgehead atoms. The first-order chi connectivity index (χ1) is 14.2. The molecule has 0 saturated carbocycles. The molecule has 2 aliphatic rings. The van der Waals surface area contributed by atoms with Gasteiger partial charge in [-0.3, -0.25) is 14.4 Å². The van der Waals surface area contributed by atoms with Crippen LogP contribution in [0.4, 0.5) is 8.78 Å². The van der Waals surface area contributed by atoms with Crippen molar-refractivity contribution in [2.45, 2.75) is 39.0 Å². The minimum atomic E-state index is -0.998. The van der Waals surface area contributed by atoms with Crippen molar-refractivity contribution in [2.75, 3.05) is 6.61 Å². The predicted octanol–water partition coefficient (Wildman–Crippen LogP) is 1.54. The number of aromatic hydroxyl groups is 1. The third-order valence-electron chi connectivity index (χ3n) is 5.80. The van der Waals surface area contributed by atoms with Gasteiger partial charge >= 0.3 is 0 Å². The van der Waals surface area contributed by atoms with E-state index in [1.807, 2.05) is 0 Å². The molecule has 0 spiro atoms. The maximum Gasteiger partial charge on any atom is 0.257 e. The minimum absolute atomic E-state index is 0.0754. The zero-order valence-corrected chi connectivity index (χ0v) is 16.1. The summed E-state index contributed by atoms with van der Waals surface area (Å²) in [7, 11) is 0. The van der Waals surface area contributed by atoms with Crippen molar-refractivity contribution in [3.05, 3.63) is 57.3 Å². The largest absolute Gasteiger partial charge is 0.503 e. The summed E-state index contributed by atoms with van der Waals surface area (Å²) in [6, 6.07) is 0.577. The monoisotopic (exact) mass is 419 g/mol. The van der Waals surface area contributed by atoms with Crippen molar-refractivity contribution in [3.63, 3.8) is 0 Å². The van der Waals surface area contributed by atoms with Crippen LogP contribution in [0.1, 0.15) is 46.2 Å². The van der Waals surface area contributed by atoms with E-state index in [1.165, 1.54) is 10.8 Å². The van der Waals surface area contributed by atoms with Gasteiger partial charge in [0.05, 0.1) is 18.1 Å². The van der Waals surface area contributed by atoms with Gasteiger partial charge in [-0.15, -0.1) is 0 Å². The average molecular weight is 419 g/mol. The molecule has 1 fully saturated rings. The van der Waals surface area contributed by atoms with Crippen LogP contribution in [0.25, 0.3) is 0 Å². The highest BCUT2D eigenvalue weighted by Crippen LogP contribution is 2.42. The Morgan fingerprint density at radius 2 is 2.20 bits per heavy atom. The zero-order valence-electron chi connectivity index (χ0n) is 16.1. The van der Waals surface area contributed by atoms with Crippen LogP contribution in [-0.4, -0.2) is 39.1 Å². The summed E-state index contributed by atoms with van der Waals surface area (Å²) in [6.07, 6.45) is 2.95. The topological polar surface area (TPSA) is 111 Å². The Balaban J connectivity index is 1.64. The fourth-order valence-corrected chi connectivity index (χ4v) is 4.00. The molecule has 4 rings (SSSR count). The zero-order chi connectivity index (χ0) is 21.6. The van der Waals surface area contributed by atoms with Crippen LogP contribution in [-0.2, 0) is 17.8 Å². The van der Waals surface area contributed by atoms with Crippen molar-refractivity contribution in [3.8, 4) is 5.75 Å². The number of halogens is 2. The molecule has 158 valence electrons. The lowest BCUT2D eigenvalue weighted by molar-refractivity contribution is -0.0740. The van der Waals surface area contributed by atoms with Gasteiger partial charge in [0, 0.05) is 37.2 Å². The molecule has 0 radical (unpaired) electrons. The molecule has 4 heterocycles. The minimum Gasteiger partial charge on any atom is -0.503 e. The lowest BCUT2D eigenvalue weighted by Gasteiger charge is -2.44. The quantitative estimate of drug-likeness (QED) is 0.731. The smallest absolute Gasteiger partial charge is 0.257 e. The number of fused-ring (bicyclic) bond motifs is 2. The van der Waals surface area contributed by atoms with E-state index in [2.05, 4.69) is 10.3 Å². The maximum absolute atomic E-state index is 13.7. The Bertz CT molecular complexity index is 1120. The van der Waals surface area contributed by atoms with E-state index < -0.39 is 51.7 Å². The van der Waals surface area contributed by atoms with Crippen LogP contribution < -0.4 is 10.7 Å². The summed E-state index contributed by atoms with van der Waals surface area (Å²) in [4.78, 5) is 41.4. The lowest BCUT2D eigenvalue weighted by atomic mass is 9.71. The fraction of sp³-hybridized carbons (Fsp3) is 0.400. The highest BCUT2D eigenvalue weighted by atomic mass is 19.1. The number of aromatic nitrogens is 2. The number of ether oxygens (including phenoxy) is 1. The molecule has 8 nitrogen and oxygen atoms in total. The van der Waals surface area contributed by atoms with Crippen molar-refractivity contribution in [1.82, 2.24) is 14.9 Å². The number of pyridine rings is 2. The summed E-state index contributed by atoms with van der Waals surface area (Å²) in [6.45, 7) is 2.10. The molecule has 0 aliphatic carbocycles. The van der Waals surface area contributed by atoms with E-state index >= 15 is 0 Å². The number of ketones is 1. The number of Topliss-reactive ketones (excluding diaryl/α,β-unsaturated/α-hetero) is 1. The second kappa shape index (κ2) is 7.28. The molecular formula is C20H19F2N3O5. The van der Waals surface area contributed by atoms with Gasteiger partial charge < -0.3 is 19.7 Å². The van der Waals surface area contributed by atoms with E-state index in [4.69, 9.17) is 4.74 Å².